The average molecular weight is 506 g/mol. The zero-order valence-corrected chi connectivity index (χ0v) is 21.7. The summed E-state index contributed by atoms with van der Waals surface area (Å²) in [6.07, 6.45) is 4.29. The van der Waals surface area contributed by atoms with E-state index in [2.05, 4.69) is 4.90 Å². The summed E-state index contributed by atoms with van der Waals surface area (Å²) in [7, 11) is -2.99. The molecule has 0 saturated carbocycles. The van der Waals surface area contributed by atoms with Crippen LogP contribution in [0.25, 0.3) is 0 Å². The van der Waals surface area contributed by atoms with E-state index in [0.717, 1.165) is 42.7 Å². The molecule has 34 heavy (non-hydrogen) atoms. The first-order valence-electron chi connectivity index (χ1n) is 12.1. The maximum absolute atomic E-state index is 12.3. The minimum absolute atomic E-state index is 0.186. The summed E-state index contributed by atoms with van der Waals surface area (Å²) in [6, 6.07) is 15.5. The van der Waals surface area contributed by atoms with Gasteiger partial charge < -0.3 is 10.0 Å². The van der Waals surface area contributed by atoms with Crippen LogP contribution >= 0.6 is 11.6 Å². The summed E-state index contributed by atoms with van der Waals surface area (Å²) < 4.78 is 23.7. The van der Waals surface area contributed by atoms with E-state index >= 15 is 0 Å². The molecule has 0 aliphatic carbocycles. The van der Waals surface area contributed by atoms with Gasteiger partial charge in [0.1, 0.15) is 5.78 Å². The van der Waals surface area contributed by atoms with Crippen molar-refractivity contribution in [1.29, 1.82) is 0 Å². The molecule has 7 heteroatoms. The molecule has 0 spiro atoms. The van der Waals surface area contributed by atoms with Crippen LogP contribution in [0.3, 0.4) is 0 Å². The van der Waals surface area contributed by atoms with E-state index in [1.807, 2.05) is 48.5 Å². The van der Waals surface area contributed by atoms with Crippen LogP contribution in [0.5, 0.6) is 0 Å². The Morgan fingerprint density at radius 3 is 2.21 bits per heavy atom. The molecular formula is C27H36ClNO4S. The number of piperidine rings is 1. The normalized spacial score (nSPS) is 16.1. The van der Waals surface area contributed by atoms with Crippen molar-refractivity contribution >= 4 is 32.9 Å². The quantitative estimate of drug-likeness (QED) is 0.418. The molecule has 1 fully saturated rings. The van der Waals surface area contributed by atoms with Gasteiger partial charge in [-0.1, -0.05) is 42.3 Å². The number of benzene rings is 2. The predicted octanol–water partition coefficient (Wildman–Crippen LogP) is 5.32. The van der Waals surface area contributed by atoms with E-state index in [1.54, 1.807) is 13.8 Å². The molecule has 3 rings (SSSR count). The Morgan fingerprint density at radius 2 is 1.62 bits per heavy atom. The Labute approximate surface area is 209 Å². The number of anilines is 1. The van der Waals surface area contributed by atoms with Gasteiger partial charge >= 0.3 is 0 Å². The number of carbonyl (C=O) groups excluding carboxylic acids is 1. The van der Waals surface area contributed by atoms with Crippen LogP contribution in [0.2, 0.25) is 5.02 Å². The smallest absolute Gasteiger partial charge is 0.152 e. The van der Waals surface area contributed by atoms with Gasteiger partial charge in [0.25, 0.3) is 0 Å². The molecule has 0 atom stereocenters. The lowest BCUT2D eigenvalue weighted by Gasteiger charge is -2.39. The summed E-state index contributed by atoms with van der Waals surface area (Å²) >= 11 is 5.97. The van der Waals surface area contributed by atoms with Crippen molar-refractivity contribution in [3.05, 3.63) is 64.7 Å². The number of Topliss-reactive ketones (excluding diaryl/α,β-unsaturated/α-hetero) is 1. The van der Waals surface area contributed by atoms with Gasteiger partial charge in [0.15, 0.2) is 9.84 Å². The number of carbonyl (C=O) groups is 1. The van der Waals surface area contributed by atoms with Gasteiger partial charge in [0.2, 0.25) is 0 Å². The Kier molecular flexibility index (Phi) is 9.19. The number of sulfone groups is 1. The Bertz CT molecular complexity index is 1040. The highest BCUT2D eigenvalue weighted by molar-refractivity contribution is 7.91. The van der Waals surface area contributed by atoms with Crippen molar-refractivity contribution in [3.8, 4) is 0 Å². The molecule has 0 amide bonds. The van der Waals surface area contributed by atoms with Crippen molar-refractivity contribution < 1.29 is 18.3 Å². The molecule has 186 valence electrons. The zero-order valence-electron chi connectivity index (χ0n) is 20.2. The number of nitrogens with zero attached hydrogens (tertiary/aromatic N) is 1. The molecule has 1 aliphatic rings. The van der Waals surface area contributed by atoms with Crippen molar-refractivity contribution in [2.75, 3.05) is 23.7 Å². The van der Waals surface area contributed by atoms with Gasteiger partial charge in [-0.15, -0.1) is 0 Å². The molecule has 1 N–H and O–H groups in total. The van der Waals surface area contributed by atoms with Crippen LogP contribution in [0, 0.1) is 0 Å². The molecule has 0 unspecified atom stereocenters. The number of aliphatic hydroxyl groups is 1. The van der Waals surface area contributed by atoms with E-state index in [9.17, 15) is 18.3 Å². The fourth-order valence-electron chi connectivity index (χ4n) is 4.36. The zero-order chi connectivity index (χ0) is 24.8. The highest BCUT2D eigenvalue weighted by Crippen LogP contribution is 2.35. The molecule has 0 bridgehead atoms. The molecule has 2 aromatic rings. The topological polar surface area (TPSA) is 74.7 Å². The van der Waals surface area contributed by atoms with Gasteiger partial charge in [-0.3, -0.25) is 4.79 Å². The second-order valence-corrected chi connectivity index (χ2v) is 12.7. The lowest BCUT2D eigenvalue weighted by atomic mass is 9.84. The van der Waals surface area contributed by atoms with Crippen LogP contribution in [0.15, 0.2) is 48.5 Å². The largest absolute Gasteiger partial charge is 0.385 e. The second kappa shape index (κ2) is 11.7. The van der Waals surface area contributed by atoms with E-state index < -0.39 is 15.4 Å². The molecular weight excluding hydrogens is 470 g/mol. The van der Waals surface area contributed by atoms with Crippen LogP contribution in [0.1, 0.15) is 63.5 Å². The second-order valence-electron chi connectivity index (χ2n) is 9.63. The van der Waals surface area contributed by atoms with Crippen molar-refractivity contribution in [3.63, 3.8) is 0 Å². The first kappa shape index (κ1) is 26.7. The van der Waals surface area contributed by atoms with Gasteiger partial charge in [0.05, 0.1) is 16.6 Å². The highest BCUT2D eigenvalue weighted by Gasteiger charge is 2.34. The predicted molar refractivity (Wildman–Crippen MR) is 139 cm³/mol. The van der Waals surface area contributed by atoms with E-state index in [-0.39, 0.29) is 16.8 Å². The first-order chi connectivity index (χ1) is 16.1. The van der Waals surface area contributed by atoms with E-state index in [1.165, 1.54) is 0 Å². The van der Waals surface area contributed by atoms with Crippen molar-refractivity contribution in [2.24, 2.45) is 0 Å². The number of hydrogen-bond acceptors (Lipinski definition) is 5. The SMILES string of the molecule is CC(C)S(=O)(=O)CCCCCC(=O)Cc1ccc(N2CCC(O)(c3ccc(Cl)cc3)CC2)cc1. The monoisotopic (exact) mass is 505 g/mol. The number of rotatable bonds is 11. The van der Waals surface area contributed by atoms with E-state index in [4.69, 9.17) is 11.6 Å². The standard InChI is InChI=1S/C27H36ClNO4S/c1-21(2)34(32,33)19-5-3-4-6-26(30)20-22-7-13-25(14-8-22)29-17-15-27(31,16-18-29)23-9-11-24(28)12-10-23/h7-14,21,31H,3-6,15-20H2,1-2H3. The van der Waals surface area contributed by atoms with Gasteiger partial charge in [0, 0.05) is 36.6 Å². The summed E-state index contributed by atoms with van der Waals surface area (Å²) in [5, 5.41) is 11.4. The number of ketones is 1. The summed E-state index contributed by atoms with van der Waals surface area (Å²) in [6.45, 7) is 4.92. The Hall–Kier alpha value is -1.89. The summed E-state index contributed by atoms with van der Waals surface area (Å²) in [5.74, 6) is 0.388. The third kappa shape index (κ3) is 7.30. The maximum atomic E-state index is 12.3. The summed E-state index contributed by atoms with van der Waals surface area (Å²) in [5.41, 5.74) is 2.17. The summed E-state index contributed by atoms with van der Waals surface area (Å²) in [4.78, 5) is 14.6. The molecule has 5 nitrogen and oxygen atoms in total. The van der Waals surface area contributed by atoms with Crippen LogP contribution < -0.4 is 4.90 Å². The molecule has 0 radical (unpaired) electrons. The lowest BCUT2D eigenvalue weighted by molar-refractivity contribution is -0.118. The Balaban J connectivity index is 1.42. The van der Waals surface area contributed by atoms with Crippen molar-refractivity contribution in [1.82, 2.24) is 0 Å². The third-order valence-corrected chi connectivity index (χ3v) is 9.32. The van der Waals surface area contributed by atoms with Gasteiger partial charge in [-0.05, 0) is 74.9 Å². The van der Waals surface area contributed by atoms with Crippen molar-refractivity contribution in [2.45, 2.75) is 69.6 Å². The van der Waals surface area contributed by atoms with Crippen LogP contribution in [0.4, 0.5) is 5.69 Å². The Morgan fingerprint density at radius 1 is 1.00 bits per heavy atom. The van der Waals surface area contributed by atoms with Crippen LogP contribution in [-0.4, -0.2) is 43.4 Å². The maximum Gasteiger partial charge on any atom is 0.152 e. The van der Waals surface area contributed by atoms with Crippen LogP contribution in [-0.2, 0) is 26.7 Å². The highest BCUT2D eigenvalue weighted by atomic mass is 35.5. The van der Waals surface area contributed by atoms with Gasteiger partial charge in [-0.25, -0.2) is 8.42 Å². The fraction of sp³-hybridized carbons (Fsp3) is 0.519. The average Bonchev–Trinajstić information content (AvgIpc) is 2.80. The number of halogens is 1. The van der Waals surface area contributed by atoms with Gasteiger partial charge in [-0.2, -0.15) is 0 Å². The third-order valence-electron chi connectivity index (χ3n) is 6.78. The van der Waals surface area contributed by atoms with E-state index in [0.29, 0.717) is 37.1 Å². The number of unbranched alkanes of at least 4 members (excludes halogenated alkanes) is 2. The number of hydrogen-bond donors (Lipinski definition) is 1. The molecule has 2 aromatic carbocycles. The molecule has 1 aliphatic heterocycles. The first-order valence-corrected chi connectivity index (χ1v) is 14.2. The lowest BCUT2D eigenvalue weighted by Crippen LogP contribution is -2.42. The minimum atomic E-state index is -2.99. The minimum Gasteiger partial charge on any atom is -0.385 e. The molecule has 0 aromatic heterocycles. The molecule has 1 heterocycles. The molecule has 1 saturated heterocycles. The fourth-order valence-corrected chi connectivity index (χ4v) is 5.57.